The summed E-state index contributed by atoms with van der Waals surface area (Å²) >= 11 is 0. The van der Waals surface area contributed by atoms with Gasteiger partial charge in [-0.25, -0.2) is 0 Å². The summed E-state index contributed by atoms with van der Waals surface area (Å²) in [6.45, 7) is 14.2. The zero-order chi connectivity index (χ0) is 13.3. The molecule has 1 aromatic rings. The van der Waals surface area contributed by atoms with Gasteiger partial charge in [0.15, 0.2) is 0 Å². The van der Waals surface area contributed by atoms with E-state index in [2.05, 4.69) is 56.1 Å². The Morgan fingerprint density at radius 1 is 1.50 bits per heavy atom. The van der Waals surface area contributed by atoms with Crippen molar-refractivity contribution in [3.63, 3.8) is 0 Å². The highest BCUT2D eigenvalue weighted by molar-refractivity contribution is 5.45. The van der Waals surface area contributed by atoms with Crippen molar-refractivity contribution >= 4 is 5.69 Å². The third-order valence-corrected chi connectivity index (χ3v) is 3.80. The van der Waals surface area contributed by atoms with Crippen molar-refractivity contribution in [1.29, 1.82) is 0 Å². The van der Waals surface area contributed by atoms with E-state index in [1.807, 2.05) is 10.9 Å². The molecule has 1 saturated heterocycles. The van der Waals surface area contributed by atoms with Gasteiger partial charge in [-0.05, 0) is 26.7 Å². The summed E-state index contributed by atoms with van der Waals surface area (Å²) in [6.07, 6.45) is 4.16. The van der Waals surface area contributed by atoms with E-state index < -0.39 is 0 Å². The van der Waals surface area contributed by atoms with Gasteiger partial charge in [0, 0.05) is 37.4 Å². The molecular weight excluding hydrogens is 224 g/mol. The number of hydrogen-bond donors (Lipinski definition) is 1. The Labute approximate surface area is 110 Å². The Morgan fingerprint density at radius 3 is 2.78 bits per heavy atom. The summed E-state index contributed by atoms with van der Waals surface area (Å²) in [6, 6.07) is 0.549. The lowest BCUT2D eigenvalue weighted by molar-refractivity contribution is 0.277. The van der Waals surface area contributed by atoms with Gasteiger partial charge in [0.1, 0.15) is 0 Å². The van der Waals surface area contributed by atoms with Crippen molar-refractivity contribution in [3.05, 3.63) is 12.4 Å². The molecule has 1 aliphatic rings. The van der Waals surface area contributed by atoms with E-state index in [4.69, 9.17) is 0 Å². The molecule has 1 fully saturated rings. The number of nitrogens with one attached hydrogen (secondary N) is 1. The quantitative estimate of drug-likeness (QED) is 0.892. The predicted molar refractivity (Wildman–Crippen MR) is 76.0 cm³/mol. The second kappa shape index (κ2) is 4.92. The second-order valence-corrected chi connectivity index (χ2v) is 6.26. The van der Waals surface area contributed by atoms with Crippen LogP contribution >= 0.6 is 0 Å². The maximum atomic E-state index is 4.41. The smallest absolute Gasteiger partial charge is 0.0756 e. The molecule has 1 atom stereocenters. The van der Waals surface area contributed by atoms with Crippen LogP contribution in [0.1, 0.15) is 34.6 Å². The Morgan fingerprint density at radius 2 is 2.22 bits per heavy atom. The summed E-state index contributed by atoms with van der Waals surface area (Å²) in [5, 5.41) is 8.05. The highest BCUT2D eigenvalue weighted by atomic mass is 15.3. The van der Waals surface area contributed by atoms with Crippen molar-refractivity contribution in [1.82, 2.24) is 15.1 Å². The number of anilines is 1. The molecule has 102 valence electrons. The highest BCUT2D eigenvalue weighted by Crippen LogP contribution is 2.26. The first-order valence-electron chi connectivity index (χ1n) is 6.97. The molecule has 18 heavy (non-hydrogen) atoms. The average molecular weight is 250 g/mol. The van der Waals surface area contributed by atoms with E-state index in [9.17, 15) is 0 Å². The molecule has 0 amide bonds. The molecule has 1 aliphatic heterocycles. The van der Waals surface area contributed by atoms with Crippen LogP contribution in [-0.4, -0.2) is 34.5 Å². The molecule has 0 radical (unpaired) electrons. The standard InChI is InChI=1S/C14H26N4/c1-6-17-9-12(7-16-17)18-10-14(4,5)15-8-13(18)11(2)3/h7,9,11,13,15H,6,8,10H2,1-5H3. The minimum absolute atomic E-state index is 0.166. The van der Waals surface area contributed by atoms with E-state index >= 15 is 0 Å². The Hall–Kier alpha value is -1.03. The van der Waals surface area contributed by atoms with Crippen LogP contribution in [0.3, 0.4) is 0 Å². The summed E-state index contributed by atoms with van der Waals surface area (Å²) in [5.41, 5.74) is 1.42. The maximum absolute atomic E-state index is 4.41. The zero-order valence-corrected chi connectivity index (χ0v) is 12.3. The Bertz CT molecular complexity index is 394. The fraction of sp³-hybridized carbons (Fsp3) is 0.786. The van der Waals surface area contributed by atoms with Gasteiger partial charge in [-0.1, -0.05) is 13.8 Å². The first kappa shape index (κ1) is 13.4. The Balaban J connectivity index is 2.24. The average Bonchev–Trinajstić information content (AvgIpc) is 2.75. The van der Waals surface area contributed by atoms with Crippen molar-refractivity contribution in [2.24, 2.45) is 5.92 Å². The second-order valence-electron chi connectivity index (χ2n) is 6.26. The van der Waals surface area contributed by atoms with Crippen LogP contribution in [0.15, 0.2) is 12.4 Å². The monoisotopic (exact) mass is 250 g/mol. The van der Waals surface area contributed by atoms with Crippen molar-refractivity contribution in [2.45, 2.75) is 52.7 Å². The summed E-state index contributed by atoms with van der Waals surface area (Å²) in [7, 11) is 0. The number of piperazine rings is 1. The third kappa shape index (κ3) is 2.69. The molecule has 1 unspecified atom stereocenters. The van der Waals surface area contributed by atoms with Crippen LogP contribution in [-0.2, 0) is 6.54 Å². The molecule has 4 nitrogen and oxygen atoms in total. The third-order valence-electron chi connectivity index (χ3n) is 3.80. The van der Waals surface area contributed by atoms with E-state index in [1.54, 1.807) is 0 Å². The zero-order valence-electron chi connectivity index (χ0n) is 12.3. The van der Waals surface area contributed by atoms with Crippen LogP contribution in [0.4, 0.5) is 5.69 Å². The molecule has 2 heterocycles. The highest BCUT2D eigenvalue weighted by Gasteiger charge is 2.34. The van der Waals surface area contributed by atoms with E-state index in [1.165, 1.54) is 5.69 Å². The Kier molecular flexibility index (Phi) is 3.66. The van der Waals surface area contributed by atoms with Crippen molar-refractivity contribution < 1.29 is 0 Å². The largest absolute Gasteiger partial charge is 0.363 e. The maximum Gasteiger partial charge on any atom is 0.0756 e. The fourth-order valence-electron chi connectivity index (χ4n) is 2.64. The summed E-state index contributed by atoms with van der Waals surface area (Å²) in [5.74, 6) is 0.638. The van der Waals surface area contributed by atoms with E-state index in [0.717, 1.165) is 19.6 Å². The number of nitrogens with zero attached hydrogens (tertiary/aromatic N) is 3. The molecule has 4 heteroatoms. The number of rotatable bonds is 3. The normalized spacial score (nSPS) is 23.7. The van der Waals surface area contributed by atoms with Gasteiger partial charge in [-0.2, -0.15) is 5.10 Å². The van der Waals surface area contributed by atoms with Crippen LogP contribution in [0, 0.1) is 5.92 Å². The van der Waals surface area contributed by atoms with Crippen LogP contribution in [0.2, 0.25) is 0 Å². The first-order chi connectivity index (χ1) is 8.43. The molecule has 1 N–H and O–H groups in total. The van der Waals surface area contributed by atoms with Gasteiger partial charge < -0.3 is 10.2 Å². The predicted octanol–water partition coefficient (Wildman–Crippen LogP) is 2.12. The molecule has 1 aromatic heterocycles. The minimum atomic E-state index is 0.166. The molecular formula is C14H26N4. The summed E-state index contributed by atoms with van der Waals surface area (Å²) in [4.78, 5) is 2.51. The first-order valence-corrected chi connectivity index (χ1v) is 6.97. The molecule has 0 aliphatic carbocycles. The van der Waals surface area contributed by atoms with Gasteiger partial charge in [0.05, 0.1) is 11.9 Å². The van der Waals surface area contributed by atoms with Gasteiger partial charge in [-0.3, -0.25) is 4.68 Å². The van der Waals surface area contributed by atoms with Crippen LogP contribution < -0.4 is 10.2 Å². The van der Waals surface area contributed by atoms with Gasteiger partial charge >= 0.3 is 0 Å². The van der Waals surface area contributed by atoms with Gasteiger partial charge in [-0.15, -0.1) is 0 Å². The fourth-order valence-corrected chi connectivity index (χ4v) is 2.64. The van der Waals surface area contributed by atoms with Gasteiger partial charge in [0.25, 0.3) is 0 Å². The number of aryl methyl sites for hydroxylation is 1. The van der Waals surface area contributed by atoms with Gasteiger partial charge in [0.2, 0.25) is 0 Å². The molecule has 0 bridgehead atoms. The van der Waals surface area contributed by atoms with E-state index in [-0.39, 0.29) is 5.54 Å². The molecule has 2 rings (SSSR count). The van der Waals surface area contributed by atoms with Crippen LogP contribution in [0.5, 0.6) is 0 Å². The molecule has 0 saturated carbocycles. The lowest BCUT2D eigenvalue weighted by atomic mass is 9.93. The number of hydrogen-bond acceptors (Lipinski definition) is 3. The molecule has 0 aromatic carbocycles. The van der Waals surface area contributed by atoms with E-state index in [0.29, 0.717) is 12.0 Å². The van der Waals surface area contributed by atoms with Crippen molar-refractivity contribution in [2.75, 3.05) is 18.0 Å². The lowest BCUT2D eigenvalue weighted by Gasteiger charge is -2.47. The minimum Gasteiger partial charge on any atom is -0.363 e. The van der Waals surface area contributed by atoms with Crippen molar-refractivity contribution in [3.8, 4) is 0 Å². The number of aromatic nitrogens is 2. The topological polar surface area (TPSA) is 33.1 Å². The molecule has 0 spiro atoms. The lowest BCUT2D eigenvalue weighted by Crippen LogP contribution is -2.63. The summed E-state index contributed by atoms with van der Waals surface area (Å²) < 4.78 is 2.00. The van der Waals surface area contributed by atoms with Crippen LogP contribution in [0.25, 0.3) is 0 Å². The SMILES string of the molecule is CCn1cc(N2CC(C)(C)NCC2C(C)C)cn1.